The maximum Gasteiger partial charge on any atom is 0.137 e. The zero-order valence-corrected chi connectivity index (χ0v) is 56.2. The molecule has 466 valence electrons. The van der Waals surface area contributed by atoms with Crippen LogP contribution in [0.1, 0.15) is 25.0 Å². The number of rotatable bonds is 8. The zero-order valence-electron chi connectivity index (χ0n) is 54.5. The van der Waals surface area contributed by atoms with Crippen LogP contribution in [0.15, 0.2) is 318 Å². The second-order valence-electron chi connectivity index (χ2n) is 27.7. The van der Waals surface area contributed by atoms with Gasteiger partial charge in [-0.25, -0.2) is 0 Å². The van der Waals surface area contributed by atoms with Crippen LogP contribution in [-0.4, -0.2) is 0 Å². The summed E-state index contributed by atoms with van der Waals surface area (Å²) in [4.78, 5) is 2.38. The molecule has 0 amide bonds. The van der Waals surface area contributed by atoms with Crippen LogP contribution in [0.5, 0.6) is 0 Å². The standard InChI is InChI=1S/C55H35NOS.C40H22OS/c1-55(2)44-21-10-19-40-41-20-11-23-48-51(41)54-49(58-48)31-43(42-26-27-45(55)53(50(40)44)52(42)54)34-15-9-17-36(29-34)56(35-16-8-14-33(28-35)32-12-4-3-5-13-32)37-24-25-39-38-18-6-7-22-46(38)57-47(39)30-37;1-2-7-23(8-3-1)25-9-4-10-26(21-25)27-11-5-12-28(22-27)29-17-20-34-40-36(29)30-13-6-14-31-37(30)38-32(41-31)18-15-24-16-19-33(42-34)39(40)35(24)38/h3-31H,1-2H3;1-22H. The number of para-hydroxylation sites is 1. The van der Waals surface area contributed by atoms with Crippen molar-refractivity contribution >= 4 is 146 Å². The van der Waals surface area contributed by atoms with Gasteiger partial charge >= 0.3 is 0 Å². The molecule has 4 aromatic heterocycles. The third-order valence-corrected chi connectivity index (χ3v) is 24.2. The molecule has 3 nitrogen and oxygen atoms in total. The van der Waals surface area contributed by atoms with E-state index in [4.69, 9.17) is 8.83 Å². The fourth-order valence-electron chi connectivity index (χ4n) is 17.5. The van der Waals surface area contributed by atoms with Crippen LogP contribution in [-0.2, 0) is 5.41 Å². The first-order valence-corrected chi connectivity index (χ1v) is 36.1. The number of furan rings is 2. The summed E-state index contributed by atoms with van der Waals surface area (Å²) in [5.41, 5.74) is 30.0. The van der Waals surface area contributed by atoms with Gasteiger partial charge in [0.15, 0.2) is 0 Å². The van der Waals surface area contributed by atoms with Crippen LogP contribution < -0.4 is 4.90 Å². The molecular weight excluding hydrogens is 1250 g/mol. The first kappa shape index (κ1) is 56.0. The van der Waals surface area contributed by atoms with Crippen LogP contribution in [0, 0.1) is 0 Å². The van der Waals surface area contributed by atoms with Crippen molar-refractivity contribution in [3.05, 3.63) is 321 Å². The Morgan fingerprint density at radius 2 is 0.780 bits per heavy atom. The van der Waals surface area contributed by atoms with Crippen molar-refractivity contribution in [2.24, 2.45) is 0 Å². The third-order valence-electron chi connectivity index (χ3n) is 22.0. The molecule has 0 aliphatic heterocycles. The van der Waals surface area contributed by atoms with Gasteiger partial charge in [0.25, 0.3) is 0 Å². The highest BCUT2D eigenvalue weighted by molar-refractivity contribution is 7.26. The lowest BCUT2D eigenvalue weighted by Crippen LogP contribution is -2.15. The summed E-state index contributed by atoms with van der Waals surface area (Å²) in [5, 5.41) is 15.6. The quantitative estimate of drug-likeness (QED) is 0.152. The number of benzene rings is 16. The molecule has 0 spiro atoms. The second kappa shape index (κ2) is 21.0. The molecule has 5 heteroatoms. The summed E-state index contributed by atoms with van der Waals surface area (Å²) < 4.78 is 18.3. The van der Waals surface area contributed by atoms with Gasteiger partial charge < -0.3 is 13.7 Å². The largest absolute Gasteiger partial charge is 0.456 e. The van der Waals surface area contributed by atoms with Gasteiger partial charge in [0.2, 0.25) is 0 Å². The van der Waals surface area contributed by atoms with Crippen molar-refractivity contribution in [2.45, 2.75) is 19.3 Å². The molecule has 0 saturated heterocycles. The van der Waals surface area contributed by atoms with Gasteiger partial charge in [0.05, 0.1) is 0 Å². The number of hydrogen-bond donors (Lipinski definition) is 0. The van der Waals surface area contributed by atoms with E-state index >= 15 is 0 Å². The van der Waals surface area contributed by atoms with Crippen LogP contribution >= 0.6 is 22.7 Å². The Morgan fingerprint density at radius 3 is 1.59 bits per heavy atom. The Balaban J connectivity index is 0.000000134. The van der Waals surface area contributed by atoms with Gasteiger partial charge in [-0.15, -0.1) is 22.7 Å². The predicted molar refractivity (Wildman–Crippen MR) is 426 cm³/mol. The van der Waals surface area contributed by atoms with E-state index in [1.165, 1.54) is 173 Å². The van der Waals surface area contributed by atoms with E-state index in [1.807, 2.05) is 28.7 Å². The van der Waals surface area contributed by atoms with Crippen LogP contribution in [0.3, 0.4) is 0 Å². The summed E-state index contributed by atoms with van der Waals surface area (Å²) in [6, 6.07) is 113. The van der Waals surface area contributed by atoms with Gasteiger partial charge in [-0.3, -0.25) is 0 Å². The highest BCUT2D eigenvalue weighted by atomic mass is 32.1. The highest BCUT2D eigenvalue weighted by Crippen LogP contribution is 2.61. The molecule has 3 aliphatic rings. The van der Waals surface area contributed by atoms with Crippen LogP contribution in [0.2, 0.25) is 0 Å². The first-order valence-electron chi connectivity index (χ1n) is 34.4. The monoisotopic (exact) mass is 1310 g/mol. The van der Waals surface area contributed by atoms with Crippen molar-refractivity contribution in [2.75, 3.05) is 4.90 Å². The molecule has 0 unspecified atom stereocenters. The van der Waals surface area contributed by atoms with E-state index < -0.39 is 0 Å². The van der Waals surface area contributed by atoms with Gasteiger partial charge in [0, 0.05) is 95.8 Å². The van der Waals surface area contributed by atoms with E-state index in [0.717, 1.165) is 50.2 Å². The van der Waals surface area contributed by atoms with Gasteiger partial charge in [0.1, 0.15) is 22.3 Å². The Bertz CT molecular complexity index is 6930. The maximum absolute atomic E-state index is 6.47. The fourth-order valence-corrected chi connectivity index (χ4v) is 19.8. The number of anilines is 3. The van der Waals surface area contributed by atoms with Crippen molar-refractivity contribution < 1.29 is 8.83 Å². The summed E-state index contributed by atoms with van der Waals surface area (Å²) in [5.74, 6) is 0. The van der Waals surface area contributed by atoms with E-state index in [9.17, 15) is 0 Å². The highest BCUT2D eigenvalue weighted by Gasteiger charge is 2.40. The minimum Gasteiger partial charge on any atom is -0.456 e. The molecule has 0 radical (unpaired) electrons. The average molecular weight is 1310 g/mol. The SMILES string of the molecule is CC1(C)c2cccc3c2-c2c1ccc1c(-c4cccc(N(c5cccc(-c6ccccc6)c5)c5ccc6c(c5)oc5ccccc56)c4)cc4sc5cccc-3c5c4c21.c1ccc(-c2cccc(-c3cccc(-c4ccc5sc6ccc7ccc8oc9cccc%10c9c8c7c6c5c4-%10)c3)c2)cc1. The Kier molecular flexibility index (Phi) is 11.7. The Labute approximate surface area is 583 Å². The van der Waals surface area contributed by atoms with E-state index in [1.54, 1.807) is 0 Å². The predicted octanol–water partition coefficient (Wildman–Crippen LogP) is 28.3. The third kappa shape index (κ3) is 8.01. The molecule has 3 aliphatic carbocycles. The van der Waals surface area contributed by atoms with Crippen molar-refractivity contribution in [1.82, 2.24) is 0 Å². The fraction of sp³-hybridized carbons (Fsp3) is 0.0316. The number of hydrogen-bond acceptors (Lipinski definition) is 5. The topological polar surface area (TPSA) is 29.5 Å². The Hall–Kier alpha value is -12.1. The number of thiophene rings is 2. The number of nitrogens with zero attached hydrogens (tertiary/aromatic N) is 1. The van der Waals surface area contributed by atoms with Crippen LogP contribution in [0.4, 0.5) is 17.1 Å². The normalized spacial score (nSPS) is 13.0. The van der Waals surface area contributed by atoms with E-state index in [2.05, 4.69) is 322 Å². The summed E-state index contributed by atoms with van der Waals surface area (Å²) in [6.45, 7) is 4.80. The second-order valence-corrected chi connectivity index (χ2v) is 29.8. The molecule has 0 saturated carbocycles. The molecule has 0 N–H and O–H groups in total. The van der Waals surface area contributed by atoms with Crippen molar-refractivity contribution in [3.8, 4) is 89.0 Å². The minimum absolute atomic E-state index is 0.0890. The molecule has 16 aromatic carbocycles. The van der Waals surface area contributed by atoms with Gasteiger partial charge in [-0.1, -0.05) is 226 Å². The molecule has 0 bridgehead atoms. The van der Waals surface area contributed by atoms with E-state index in [-0.39, 0.29) is 5.41 Å². The first-order chi connectivity index (χ1) is 49.3. The van der Waals surface area contributed by atoms with Gasteiger partial charge in [-0.2, -0.15) is 0 Å². The zero-order chi connectivity index (χ0) is 65.6. The van der Waals surface area contributed by atoms with Crippen LogP contribution in [0.25, 0.3) is 195 Å². The molecule has 100 heavy (non-hydrogen) atoms. The van der Waals surface area contributed by atoms with Crippen molar-refractivity contribution in [3.63, 3.8) is 0 Å². The lowest BCUT2D eigenvalue weighted by Gasteiger charge is -2.27. The molecule has 4 heterocycles. The molecule has 0 atom stereocenters. The summed E-state index contributed by atoms with van der Waals surface area (Å²) in [6.07, 6.45) is 0. The summed E-state index contributed by atoms with van der Waals surface area (Å²) >= 11 is 3.82. The molecule has 20 aromatic rings. The smallest absolute Gasteiger partial charge is 0.137 e. The van der Waals surface area contributed by atoms with E-state index in [0.29, 0.717) is 0 Å². The lowest BCUT2D eigenvalue weighted by atomic mass is 9.80. The molecule has 23 rings (SSSR count). The molecular formula is C95H57NO2S2. The Morgan fingerprint density at radius 1 is 0.250 bits per heavy atom. The lowest BCUT2D eigenvalue weighted by molar-refractivity contribution is 0.661. The summed E-state index contributed by atoms with van der Waals surface area (Å²) in [7, 11) is 0. The number of fused-ring (bicyclic) bond motifs is 5. The van der Waals surface area contributed by atoms with Gasteiger partial charge in [-0.05, 0) is 207 Å². The average Bonchev–Trinajstić information content (AvgIpc) is 1.52. The minimum atomic E-state index is -0.0890. The maximum atomic E-state index is 6.47. The molecule has 0 fully saturated rings. The van der Waals surface area contributed by atoms with Crippen molar-refractivity contribution in [1.29, 1.82) is 0 Å².